The molecule has 0 saturated heterocycles. The van der Waals surface area contributed by atoms with Crippen LogP contribution in [0.15, 0.2) is 36.5 Å². The molecule has 1 rings (SSSR count). The van der Waals surface area contributed by atoms with Gasteiger partial charge in [0.25, 0.3) is 0 Å². The van der Waals surface area contributed by atoms with Crippen LogP contribution >= 0.6 is 0 Å². The van der Waals surface area contributed by atoms with Crippen molar-refractivity contribution in [2.24, 2.45) is 0 Å². The Bertz CT molecular complexity index is 143. The van der Waals surface area contributed by atoms with Gasteiger partial charge in [-0.05, 0) is 25.7 Å². The van der Waals surface area contributed by atoms with E-state index in [0.29, 0.717) is 0 Å². The standard InChI is InChI=1S/C11H16/c1-2-4-6-8-10-11-9-7-5-3-1/h1-6H,7-11H2/b2-1-,5-3-,6-4-. The summed E-state index contributed by atoms with van der Waals surface area (Å²) in [6, 6.07) is 0. The first-order valence-electron chi connectivity index (χ1n) is 4.48. The highest BCUT2D eigenvalue weighted by Gasteiger charge is 1.85. The fourth-order valence-corrected chi connectivity index (χ4v) is 1.18. The van der Waals surface area contributed by atoms with Crippen molar-refractivity contribution < 1.29 is 0 Å². The number of hydrogen-bond acceptors (Lipinski definition) is 0. The third-order valence-corrected chi connectivity index (χ3v) is 1.85. The summed E-state index contributed by atoms with van der Waals surface area (Å²) in [6.07, 6.45) is 19.5. The molecule has 0 aromatic carbocycles. The molecule has 0 N–H and O–H groups in total. The molecule has 1 aliphatic rings. The molecule has 0 unspecified atom stereocenters. The topological polar surface area (TPSA) is 0 Å². The first kappa shape index (κ1) is 8.32. The number of rotatable bonds is 0. The second kappa shape index (κ2) is 5.96. The van der Waals surface area contributed by atoms with Crippen LogP contribution < -0.4 is 0 Å². The lowest BCUT2D eigenvalue weighted by atomic mass is 10.1. The quantitative estimate of drug-likeness (QED) is 0.492. The molecule has 0 fully saturated rings. The van der Waals surface area contributed by atoms with E-state index < -0.39 is 0 Å². The Balaban J connectivity index is 2.36. The zero-order valence-electron chi connectivity index (χ0n) is 7.00. The predicted molar refractivity (Wildman–Crippen MR) is 50.5 cm³/mol. The third kappa shape index (κ3) is 4.60. The first-order chi connectivity index (χ1) is 5.50. The van der Waals surface area contributed by atoms with Gasteiger partial charge in [0.15, 0.2) is 0 Å². The number of allylic oxidation sites excluding steroid dienone is 6. The molecule has 0 saturated carbocycles. The van der Waals surface area contributed by atoms with E-state index in [0.717, 1.165) is 0 Å². The fraction of sp³-hybridized carbons (Fsp3) is 0.455. The summed E-state index contributed by atoms with van der Waals surface area (Å²) in [5, 5.41) is 0. The molecule has 0 bridgehead atoms. The summed E-state index contributed by atoms with van der Waals surface area (Å²) in [5.41, 5.74) is 0. The van der Waals surface area contributed by atoms with Gasteiger partial charge in [0.2, 0.25) is 0 Å². The zero-order valence-corrected chi connectivity index (χ0v) is 7.00. The Morgan fingerprint density at radius 1 is 0.545 bits per heavy atom. The fourth-order valence-electron chi connectivity index (χ4n) is 1.18. The lowest BCUT2D eigenvalue weighted by molar-refractivity contribution is 0.696. The Kier molecular flexibility index (Phi) is 4.51. The molecule has 0 radical (unpaired) electrons. The van der Waals surface area contributed by atoms with Gasteiger partial charge in [-0.3, -0.25) is 0 Å². The SMILES string of the molecule is C1=C\C=C/CCCCC\C=C/1. The third-order valence-electron chi connectivity index (χ3n) is 1.85. The summed E-state index contributed by atoms with van der Waals surface area (Å²) in [6.45, 7) is 0. The molecule has 11 heavy (non-hydrogen) atoms. The Hall–Kier alpha value is -0.780. The van der Waals surface area contributed by atoms with E-state index in [-0.39, 0.29) is 0 Å². The van der Waals surface area contributed by atoms with Crippen molar-refractivity contribution in [1.82, 2.24) is 0 Å². The summed E-state index contributed by atoms with van der Waals surface area (Å²) in [5.74, 6) is 0. The van der Waals surface area contributed by atoms with Crippen LogP contribution in [-0.4, -0.2) is 0 Å². The van der Waals surface area contributed by atoms with Crippen molar-refractivity contribution in [3.05, 3.63) is 36.5 Å². The molecule has 0 spiro atoms. The van der Waals surface area contributed by atoms with E-state index in [2.05, 4.69) is 36.5 Å². The van der Waals surface area contributed by atoms with Crippen LogP contribution in [-0.2, 0) is 0 Å². The van der Waals surface area contributed by atoms with E-state index >= 15 is 0 Å². The summed E-state index contributed by atoms with van der Waals surface area (Å²) in [4.78, 5) is 0. The molecule has 0 aromatic heterocycles. The van der Waals surface area contributed by atoms with Gasteiger partial charge in [0.05, 0.1) is 0 Å². The Morgan fingerprint density at radius 2 is 1.09 bits per heavy atom. The normalized spacial score (nSPS) is 28.4. The molecule has 0 nitrogen and oxygen atoms in total. The first-order valence-corrected chi connectivity index (χ1v) is 4.48. The molecule has 1 aliphatic carbocycles. The van der Waals surface area contributed by atoms with E-state index in [1.54, 1.807) is 0 Å². The highest BCUT2D eigenvalue weighted by Crippen LogP contribution is 2.05. The molecule has 0 heteroatoms. The second-order valence-corrected chi connectivity index (χ2v) is 2.88. The maximum Gasteiger partial charge on any atom is -0.0348 e. The summed E-state index contributed by atoms with van der Waals surface area (Å²) >= 11 is 0. The van der Waals surface area contributed by atoms with Gasteiger partial charge >= 0.3 is 0 Å². The van der Waals surface area contributed by atoms with Crippen LogP contribution in [0.4, 0.5) is 0 Å². The van der Waals surface area contributed by atoms with Crippen molar-refractivity contribution in [2.45, 2.75) is 32.1 Å². The minimum Gasteiger partial charge on any atom is -0.0845 e. The van der Waals surface area contributed by atoms with Gasteiger partial charge in [-0.1, -0.05) is 42.9 Å². The van der Waals surface area contributed by atoms with E-state index in [1.165, 1.54) is 32.1 Å². The average Bonchev–Trinajstić information content (AvgIpc) is 2.08. The highest BCUT2D eigenvalue weighted by molar-refractivity contribution is 5.11. The van der Waals surface area contributed by atoms with Gasteiger partial charge in [-0.25, -0.2) is 0 Å². The number of hydrogen-bond donors (Lipinski definition) is 0. The summed E-state index contributed by atoms with van der Waals surface area (Å²) < 4.78 is 0. The van der Waals surface area contributed by atoms with Crippen LogP contribution in [0.3, 0.4) is 0 Å². The monoisotopic (exact) mass is 148 g/mol. The predicted octanol–water partition coefficient (Wildman–Crippen LogP) is 3.62. The molecule has 0 aliphatic heterocycles. The van der Waals surface area contributed by atoms with Gasteiger partial charge in [-0.15, -0.1) is 0 Å². The Labute approximate surface area is 69.3 Å². The maximum absolute atomic E-state index is 2.25. The van der Waals surface area contributed by atoms with Crippen LogP contribution in [0, 0.1) is 0 Å². The molecule has 60 valence electrons. The van der Waals surface area contributed by atoms with Crippen molar-refractivity contribution in [1.29, 1.82) is 0 Å². The second-order valence-electron chi connectivity index (χ2n) is 2.88. The zero-order chi connectivity index (χ0) is 7.78. The largest absolute Gasteiger partial charge is 0.0845 e. The smallest absolute Gasteiger partial charge is 0.0348 e. The van der Waals surface area contributed by atoms with Gasteiger partial charge in [0, 0.05) is 0 Å². The highest BCUT2D eigenvalue weighted by atomic mass is 13.9. The van der Waals surface area contributed by atoms with Crippen LogP contribution in [0.25, 0.3) is 0 Å². The van der Waals surface area contributed by atoms with Crippen molar-refractivity contribution >= 4 is 0 Å². The molecular weight excluding hydrogens is 132 g/mol. The molecular formula is C11H16. The van der Waals surface area contributed by atoms with E-state index in [9.17, 15) is 0 Å². The lowest BCUT2D eigenvalue weighted by Gasteiger charge is -1.93. The maximum atomic E-state index is 2.25. The van der Waals surface area contributed by atoms with Gasteiger partial charge in [0.1, 0.15) is 0 Å². The van der Waals surface area contributed by atoms with E-state index in [4.69, 9.17) is 0 Å². The average molecular weight is 148 g/mol. The van der Waals surface area contributed by atoms with Crippen LogP contribution in [0.5, 0.6) is 0 Å². The van der Waals surface area contributed by atoms with Crippen molar-refractivity contribution in [3.8, 4) is 0 Å². The van der Waals surface area contributed by atoms with Crippen molar-refractivity contribution in [3.63, 3.8) is 0 Å². The van der Waals surface area contributed by atoms with Gasteiger partial charge < -0.3 is 0 Å². The van der Waals surface area contributed by atoms with E-state index in [1.807, 2.05) is 0 Å². The molecule has 0 aromatic rings. The van der Waals surface area contributed by atoms with Gasteiger partial charge in [-0.2, -0.15) is 0 Å². The molecule has 0 amide bonds. The minimum atomic E-state index is 1.24. The Morgan fingerprint density at radius 3 is 1.64 bits per heavy atom. The van der Waals surface area contributed by atoms with Crippen molar-refractivity contribution in [2.75, 3.05) is 0 Å². The van der Waals surface area contributed by atoms with Crippen LogP contribution in [0.1, 0.15) is 32.1 Å². The minimum absolute atomic E-state index is 1.24. The molecule has 0 atom stereocenters. The van der Waals surface area contributed by atoms with Crippen LogP contribution in [0.2, 0.25) is 0 Å². The molecule has 0 heterocycles. The summed E-state index contributed by atoms with van der Waals surface area (Å²) in [7, 11) is 0. The lowest BCUT2D eigenvalue weighted by Crippen LogP contribution is -1.73.